The Morgan fingerprint density at radius 1 is 1.29 bits per heavy atom. The SMILES string of the molecule is NNC(=O)CCCCCOc1c(Br)cc([N+](=O)[O-])cc1Br. The summed E-state index contributed by atoms with van der Waals surface area (Å²) in [6, 6.07) is 2.79. The summed E-state index contributed by atoms with van der Waals surface area (Å²) in [7, 11) is 0. The first-order valence-corrected chi connectivity index (χ1v) is 7.80. The van der Waals surface area contributed by atoms with Gasteiger partial charge >= 0.3 is 0 Å². The van der Waals surface area contributed by atoms with E-state index < -0.39 is 4.92 Å². The maximum absolute atomic E-state index is 10.9. The zero-order valence-electron chi connectivity index (χ0n) is 11.1. The van der Waals surface area contributed by atoms with Crippen molar-refractivity contribution in [1.82, 2.24) is 5.43 Å². The quantitative estimate of drug-likeness (QED) is 0.219. The van der Waals surface area contributed by atoms with Crippen LogP contribution < -0.4 is 16.0 Å². The summed E-state index contributed by atoms with van der Waals surface area (Å²) in [6.45, 7) is 0.458. The Morgan fingerprint density at radius 2 is 1.90 bits per heavy atom. The molecule has 0 aromatic heterocycles. The summed E-state index contributed by atoms with van der Waals surface area (Å²) in [5.41, 5.74) is 2.05. The highest BCUT2D eigenvalue weighted by Crippen LogP contribution is 2.37. The molecule has 1 aromatic carbocycles. The molecule has 0 bridgehead atoms. The van der Waals surface area contributed by atoms with Gasteiger partial charge in [-0.1, -0.05) is 0 Å². The molecule has 116 valence electrons. The van der Waals surface area contributed by atoms with Crippen molar-refractivity contribution >= 4 is 43.5 Å². The largest absolute Gasteiger partial charge is 0.491 e. The molecule has 9 heteroatoms. The molecule has 0 spiro atoms. The van der Waals surface area contributed by atoms with Gasteiger partial charge in [0, 0.05) is 18.6 Å². The Hall–Kier alpha value is -1.19. The lowest BCUT2D eigenvalue weighted by Gasteiger charge is -2.10. The number of ether oxygens (including phenoxy) is 1. The Labute approximate surface area is 138 Å². The van der Waals surface area contributed by atoms with E-state index in [4.69, 9.17) is 10.6 Å². The minimum atomic E-state index is -0.470. The monoisotopic (exact) mass is 423 g/mol. The summed E-state index contributed by atoms with van der Waals surface area (Å²) in [4.78, 5) is 21.1. The second-order valence-electron chi connectivity index (χ2n) is 4.22. The number of amides is 1. The van der Waals surface area contributed by atoms with E-state index in [9.17, 15) is 14.9 Å². The number of carbonyl (C=O) groups is 1. The van der Waals surface area contributed by atoms with Crippen LogP contribution in [0, 0.1) is 10.1 Å². The molecule has 1 aromatic rings. The smallest absolute Gasteiger partial charge is 0.271 e. The van der Waals surface area contributed by atoms with Crippen molar-refractivity contribution in [1.29, 1.82) is 0 Å². The van der Waals surface area contributed by atoms with Crippen LogP contribution in [0.3, 0.4) is 0 Å². The number of hydrazine groups is 1. The molecule has 0 radical (unpaired) electrons. The predicted octanol–water partition coefficient (Wildman–Crippen LogP) is 3.05. The Morgan fingerprint density at radius 3 is 2.43 bits per heavy atom. The van der Waals surface area contributed by atoms with Gasteiger partial charge in [0.25, 0.3) is 5.69 Å². The Bertz CT molecular complexity index is 502. The van der Waals surface area contributed by atoms with Crippen molar-refractivity contribution in [2.75, 3.05) is 6.61 Å². The predicted molar refractivity (Wildman–Crippen MR) is 84.8 cm³/mol. The molecule has 0 atom stereocenters. The van der Waals surface area contributed by atoms with Crippen LogP contribution in [-0.2, 0) is 4.79 Å². The fourth-order valence-electron chi connectivity index (χ4n) is 1.60. The van der Waals surface area contributed by atoms with Crippen molar-refractivity contribution < 1.29 is 14.5 Å². The van der Waals surface area contributed by atoms with Gasteiger partial charge in [-0.05, 0) is 51.1 Å². The third kappa shape index (κ3) is 5.98. The number of nitrogens with two attached hydrogens (primary N) is 1. The minimum absolute atomic E-state index is 0.0195. The molecule has 7 nitrogen and oxygen atoms in total. The van der Waals surface area contributed by atoms with Crippen LogP contribution >= 0.6 is 31.9 Å². The number of halogens is 2. The van der Waals surface area contributed by atoms with Gasteiger partial charge in [0.2, 0.25) is 5.91 Å². The summed E-state index contributed by atoms with van der Waals surface area (Å²) >= 11 is 6.50. The van der Waals surface area contributed by atoms with E-state index in [1.54, 1.807) is 0 Å². The van der Waals surface area contributed by atoms with Crippen LogP contribution in [0.1, 0.15) is 25.7 Å². The molecule has 1 amide bonds. The van der Waals surface area contributed by atoms with E-state index in [1.165, 1.54) is 12.1 Å². The molecule has 0 aliphatic rings. The average Bonchev–Trinajstić information content (AvgIpc) is 2.44. The third-order valence-electron chi connectivity index (χ3n) is 2.65. The second-order valence-corrected chi connectivity index (χ2v) is 5.93. The van der Waals surface area contributed by atoms with Gasteiger partial charge in [-0.2, -0.15) is 0 Å². The molecular weight excluding hydrogens is 410 g/mol. The van der Waals surface area contributed by atoms with Crippen LogP contribution in [0.2, 0.25) is 0 Å². The van der Waals surface area contributed by atoms with E-state index in [0.29, 0.717) is 27.7 Å². The number of benzene rings is 1. The molecule has 0 heterocycles. The molecule has 0 saturated heterocycles. The summed E-state index contributed by atoms with van der Waals surface area (Å²) in [6.07, 6.45) is 2.72. The van der Waals surface area contributed by atoms with Crippen molar-refractivity contribution in [3.8, 4) is 5.75 Å². The van der Waals surface area contributed by atoms with E-state index in [-0.39, 0.29) is 11.6 Å². The lowest BCUT2D eigenvalue weighted by Crippen LogP contribution is -2.29. The number of rotatable bonds is 8. The topological polar surface area (TPSA) is 107 Å². The molecule has 0 unspecified atom stereocenters. The van der Waals surface area contributed by atoms with E-state index in [2.05, 4.69) is 37.3 Å². The van der Waals surface area contributed by atoms with Crippen LogP contribution in [0.4, 0.5) is 5.69 Å². The van der Waals surface area contributed by atoms with E-state index >= 15 is 0 Å². The van der Waals surface area contributed by atoms with Crippen molar-refractivity contribution in [3.05, 3.63) is 31.2 Å². The molecular formula is C12H15Br2N3O4. The number of non-ortho nitro benzene ring substituents is 1. The summed E-state index contributed by atoms with van der Waals surface area (Å²) in [5.74, 6) is 5.32. The van der Waals surface area contributed by atoms with Gasteiger partial charge in [-0.15, -0.1) is 0 Å². The van der Waals surface area contributed by atoms with E-state index in [1.807, 2.05) is 0 Å². The number of nitrogens with one attached hydrogen (secondary N) is 1. The van der Waals surface area contributed by atoms with Gasteiger partial charge in [0.05, 0.1) is 20.5 Å². The van der Waals surface area contributed by atoms with Crippen molar-refractivity contribution in [3.63, 3.8) is 0 Å². The Balaban J connectivity index is 2.42. The average molecular weight is 425 g/mol. The van der Waals surface area contributed by atoms with Crippen LogP contribution in [0.25, 0.3) is 0 Å². The van der Waals surface area contributed by atoms with Crippen molar-refractivity contribution in [2.45, 2.75) is 25.7 Å². The summed E-state index contributed by atoms with van der Waals surface area (Å²) in [5, 5.41) is 10.7. The first kappa shape index (κ1) is 17.9. The fraction of sp³-hybridized carbons (Fsp3) is 0.417. The number of hydrogen-bond donors (Lipinski definition) is 2. The maximum atomic E-state index is 10.9. The third-order valence-corrected chi connectivity index (χ3v) is 3.83. The molecule has 3 N–H and O–H groups in total. The maximum Gasteiger partial charge on any atom is 0.271 e. The minimum Gasteiger partial charge on any atom is -0.491 e. The standard InChI is InChI=1S/C12H15Br2N3O4/c13-9-6-8(17(19)20)7-10(14)12(9)21-5-3-1-2-4-11(18)16-15/h6-7H,1-5,15H2,(H,16,18). The van der Waals surface area contributed by atoms with Crippen LogP contribution in [0.15, 0.2) is 21.1 Å². The zero-order valence-corrected chi connectivity index (χ0v) is 14.3. The number of hydrogen-bond acceptors (Lipinski definition) is 5. The van der Waals surface area contributed by atoms with E-state index in [0.717, 1.165) is 19.3 Å². The van der Waals surface area contributed by atoms with Gasteiger partial charge in [-0.3, -0.25) is 20.3 Å². The normalized spacial score (nSPS) is 10.2. The number of nitrogens with zero attached hydrogens (tertiary/aromatic N) is 1. The Kier molecular flexibility index (Phi) is 7.62. The zero-order chi connectivity index (χ0) is 15.8. The lowest BCUT2D eigenvalue weighted by molar-refractivity contribution is -0.385. The first-order chi connectivity index (χ1) is 9.95. The molecule has 0 aliphatic carbocycles. The highest BCUT2D eigenvalue weighted by Gasteiger charge is 2.14. The number of unbranched alkanes of at least 4 members (excludes halogenated alkanes) is 2. The first-order valence-electron chi connectivity index (χ1n) is 6.21. The molecule has 0 aliphatic heterocycles. The molecule has 0 fully saturated rings. The molecule has 0 saturated carbocycles. The number of nitro benzene ring substituents is 1. The summed E-state index contributed by atoms with van der Waals surface area (Å²) < 4.78 is 6.63. The lowest BCUT2D eigenvalue weighted by atomic mass is 10.2. The highest BCUT2D eigenvalue weighted by molar-refractivity contribution is 9.11. The van der Waals surface area contributed by atoms with Crippen LogP contribution in [-0.4, -0.2) is 17.4 Å². The highest BCUT2D eigenvalue weighted by atomic mass is 79.9. The fourth-order valence-corrected chi connectivity index (χ4v) is 2.99. The van der Waals surface area contributed by atoms with Gasteiger partial charge in [0.15, 0.2) is 0 Å². The van der Waals surface area contributed by atoms with Gasteiger partial charge < -0.3 is 4.74 Å². The van der Waals surface area contributed by atoms with Gasteiger partial charge in [-0.25, -0.2) is 5.84 Å². The second kappa shape index (κ2) is 8.96. The molecule has 21 heavy (non-hydrogen) atoms. The number of carbonyl (C=O) groups excluding carboxylic acids is 1. The van der Waals surface area contributed by atoms with Gasteiger partial charge in [0.1, 0.15) is 5.75 Å². The van der Waals surface area contributed by atoms with Crippen LogP contribution in [0.5, 0.6) is 5.75 Å². The molecule has 1 rings (SSSR count). The number of nitro groups is 1. The van der Waals surface area contributed by atoms with Crippen molar-refractivity contribution in [2.24, 2.45) is 5.84 Å².